The van der Waals surface area contributed by atoms with Crippen LogP contribution in [0.25, 0.3) is 0 Å². The maximum absolute atomic E-state index is 12.7. The largest absolute Gasteiger partial charge is 0.497 e. The van der Waals surface area contributed by atoms with E-state index in [1.807, 2.05) is 17.0 Å². The summed E-state index contributed by atoms with van der Waals surface area (Å²) in [6, 6.07) is 8.45. The van der Waals surface area contributed by atoms with Gasteiger partial charge in [-0.15, -0.1) is 0 Å². The fraction of sp³-hybridized carbons (Fsp3) is 0.611. The second-order valence-corrected chi connectivity index (χ2v) is 6.58. The maximum atomic E-state index is 12.7. The lowest BCUT2D eigenvalue weighted by Gasteiger charge is -2.37. The van der Waals surface area contributed by atoms with Gasteiger partial charge in [-0.1, -0.05) is 19.4 Å². The highest BCUT2D eigenvalue weighted by Gasteiger charge is 2.33. The van der Waals surface area contributed by atoms with Crippen molar-refractivity contribution in [3.8, 4) is 5.75 Å². The number of anilines is 1. The minimum atomic E-state index is -0.0788. The number of hydrogen-bond donors (Lipinski definition) is 2. The van der Waals surface area contributed by atoms with Crippen LogP contribution in [0.3, 0.4) is 0 Å². The van der Waals surface area contributed by atoms with Crippen molar-refractivity contribution in [3.63, 3.8) is 0 Å². The smallest absolute Gasteiger partial charge is 0.241 e. The zero-order valence-corrected chi connectivity index (χ0v) is 14.6. The first kappa shape index (κ1) is 17.0. The standard InChI is InChI=1S/C18H28N4O2/c1-3-5-14-12-17(20-19-14)18(23)22-10-8-21(9-11-22)15-6-4-7-16(13-15)24-2/h4,6-7,13-14,17,19-20H,3,5,8-12H2,1-2H3. The molecule has 0 aromatic heterocycles. The predicted molar refractivity (Wildman–Crippen MR) is 95.2 cm³/mol. The molecule has 0 radical (unpaired) electrons. The van der Waals surface area contributed by atoms with Crippen molar-refractivity contribution in [2.45, 2.75) is 38.3 Å². The van der Waals surface area contributed by atoms with Gasteiger partial charge in [0.1, 0.15) is 11.8 Å². The lowest BCUT2D eigenvalue weighted by molar-refractivity contribution is -0.133. The number of rotatable bonds is 5. The van der Waals surface area contributed by atoms with E-state index >= 15 is 0 Å². The van der Waals surface area contributed by atoms with Crippen LogP contribution in [0.2, 0.25) is 0 Å². The molecule has 1 amide bonds. The molecular formula is C18H28N4O2. The normalized spacial score (nSPS) is 24.2. The van der Waals surface area contributed by atoms with Crippen molar-refractivity contribution >= 4 is 11.6 Å². The van der Waals surface area contributed by atoms with Gasteiger partial charge in [-0.2, -0.15) is 0 Å². The van der Waals surface area contributed by atoms with Crippen molar-refractivity contribution in [1.29, 1.82) is 0 Å². The van der Waals surface area contributed by atoms with Gasteiger partial charge in [-0.05, 0) is 25.0 Å². The summed E-state index contributed by atoms with van der Waals surface area (Å²) in [6.07, 6.45) is 3.14. The van der Waals surface area contributed by atoms with Gasteiger partial charge in [0.25, 0.3) is 0 Å². The first-order valence-electron chi connectivity index (χ1n) is 8.90. The molecule has 3 rings (SSSR count). The van der Waals surface area contributed by atoms with Gasteiger partial charge in [-0.25, -0.2) is 5.43 Å². The summed E-state index contributed by atoms with van der Waals surface area (Å²) in [7, 11) is 1.68. The number of hydrazine groups is 1. The molecule has 2 unspecified atom stereocenters. The molecule has 0 spiro atoms. The van der Waals surface area contributed by atoms with Crippen LogP contribution in [0.4, 0.5) is 5.69 Å². The topological polar surface area (TPSA) is 56.8 Å². The Morgan fingerprint density at radius 2 is 2.04 bits per heavy atom. The van der Waals surface area contributed by atoms with Crippen molar-refractivity contribution in [3.05, 3.63) is 24.3 Å². The number of piperazine rings is 1. The number of amides is 1. The molecule has 132 valence electrons. The number of nitrogens with one attached hydrogen (secondary N) is 2. The Hall–Kier alpha value is -1.79. The molecule has 1 aromatic rings. The molecule has 2 aliphatic heterocycles. The van der Waals surface area contributed by atoms with Gasteiger partial charge < -0.3 is 14.5 Å². The molecule has 2 N–H and O–H groups in total. The third-order valence-electron chi connectivity index (χ3n) is 4.93. The Balaban J connectivity index is 1.52. The third-order valence-corrected chi connectivity index (χ3v) is 4.93. The average molecular weight is 332 g/mol. The number of carbonyl (C=O) groups is 1. The maximum Gasteiger partial charge on any atom is 0.241 e. The summed E-state index contributed by atoms with van der Waals surface area (Å²) in [4.78, 5) is 17.0. The fourth-order valence-electron chi connectivity index (χ4n) is 3.53. The van der Waals surface area contributed by atoms with Gasteiger partial charge in [-0.3, -0.25) is 10.2 Å². The molecule has 6 nitrogen and oxygen atoms in total. The average Bonchev–Trinajstić information content (AvgIpc) is 3.10. The second-order valence-electron chi connectivity index (χ2n) is 6.58. The summed E-state index contributed by atoms with van der Waals surface area (Å²) < 4.78 is 5.30. The summed E-state index contributed by atoms with van der Waals surface area (Å²) in [6.45, 7) is 5.43. The van der Waals surface area contributed by atoms with Gasteiger partial charge >= 0.3 is 0 Å². The van der Waals surface area contributed by atoms with Gasteiger partial charge in [0.15, 0.2) is 0 Å². The molecule has 0 aliphatic carbocycles. The molecule has 2 atom stereocenters. The first-order valence-corrected chi connectivity index (χ1v) is 8.90. The lowest BCUT2D eigenvalue weighted by Crippen LogP contribution is -2.53. The molecule has 1 aromatic carbocycles. The van der Waals surface area contributed by atoms with Crippen LogP contribution < -0.4 is 20.5 Å². The molecule has 0 saturated carbocycles. The van der Waals surface area contributed by atoms with Crippen LogP contribution >= 0.6 is 0 Å². The van der Waals surface area contributed by atoms with Crippen LogP contribution in [0.1, 0.15) is 26.2 Å². The molecule has 2 aliphatic rings. The SMILES string of the molecule is CCCC1CC(C(=O)N2CCN(c3cccc(OC)c3)CC2)NN1. The number of methoxy groups -OCH3 is 1. The highest BCUT2D eigenvalue weighted by molar-refractivity contribution is 5.82. The minimum absolute atomic E-state index is 0.0788. The van der Waals surface area contributed by atoms with Crippen LogP contribution in [0.15, 0.2) is 24.3 Å². The lowest BCUT2D eigenvalue weighted by atomic mass is 10.0. The van der Waals surface area contributed by atoms with E-state index in [1.54, 1.807) is 7.11 Å². The Morgan fingerprint density at radius 3 is 2.75 bits per heavy atom. The summed E-state index contributed by atoms with van der Waals surface area (Å²) in [5.74, 6) is 1.10. The van der Waals surface area contributed by atoms with Crippen LogP contribution in [0, 0.1) is 0 Å². The number of nitrogens with zero attached hydrogens (tertiary/aromatic N) is 2. The molecule has 2 saturated heterocycles. The number of ether oxygens (including phenoxy) is 1. The van der Waals surface area contributed by atoms with E-state index in [9.17, 15) is 4.79 Å². The van der Waals surface area contributed by atoms with Crippen LogP contribution in [-0.4, -0.2) is 56.2 Å². The molecule has 6 heteroatoms. The molecule has 0 bridgehead atoms. The van der Waals surface area contributed by atoms with Gasteiger partial charge in [0.05, 0.1) is 7.11 Å². The molecule has 2 fully saturated rings. The zero-order chi connectivity index (χ0) is 16.9. The number of hydrogen-bond acceptors (Lipinski definition) is 5. The molecule has 24 heavy (non-hydrogen) atoms. The van der Waals surface area contributed by atoms with E-state index in [2.05, 4.69) is 34.8 Å². The Labute approximate surface area is 144 Å². The van der Waals surface area contributed by atoms with E-state index in [1.165, 1.54) is 0 Å². The summed E-state index contributed by atoms with van der Waals surface area (Å²) in [5.41, 5.74) is 7.59. The quantitative estimate of drug-likeness (QED) is 0.853. The zero-order valence-electron chi connectivity index (χ0n) is 14.6. The van der Waals surface area contributed by atoms with Gasteiger partial charge in [0.2, 0.25) is 5.91 Å². The van der Waals surface area contributed by atoms with Crippen LogP contribution in [-0.2, 0) is 4.79 Å². The van der Waals surface area contributed by atoms with E-state index in [0.717, 1.165) is 56.9 Å². The van der Waals surface area contributed by atoms with Crippen molar-refractivity contribution < 1.29 is 9.53 Å². The fourth-order valence-corrected chi connectivity index (χ4v) is 3.53. The van der Waals surface area contributed by atoms with E-state index in [-0.39, 0.29) is 11.9 Å². The van der Waals surface area contributed by atoms with Crippen molar-refractivity contribution in [2.75, 3.05) is 38.2 Å². The highest BCUT2D eigenvalue weighted by Crippen LogP contribution is 2.22. The number of benzene rings is 1. The Morgan fingerprint density at radius 1 is 1.25 bits per heavy atom. The van der Waals surface area contributed by atoms with E-state index in [4.69, 9.17) is 4.74 Å². The first-order chi connectivity index (χ1) is 11.7. The molecule has 2 heterocycles. The van der Waals surface area contributed by atoms with Crippen molar-refractivity contribution in [2.24, 2.45) is 0 Å². The van der Waals surface area contributed by atoms with E-state index in [0.29, 0.717) is 6.04 Å². The Bertz CT molecular complexity index is 558. The third kappa shape index (κ3) is 3.82. The molecular weight excluding hydrogens is 304 g/mol. The Kier molecular flexibility index (Phi) is 5.58. The van der Waals surface area contributed by atoms with Crippen molar-refractivity contribution in [1.82, 2.24) is 15.8 Å². The summed E-state index contributed by atoms with van der Waals surface area (Å²) >= 11 is 0. The monoisotopic (exact) mass is 332 g/mol. The highest BCUT2D eigenvalue weighted by atomic mass is 16.5. The number of carbonyl (C=O) groups excluding carboxylic acids is 1. The van der Waals surface area contributed by atoms with E-state index < -0.39 is 0 Å². The summed E-state index contributed by atoms with van der Waals surface area (Å²) in [5, 5.41) is 0. The van der Waals surface area contributed by atoms with Gasteiger partial charge in [0, 0.05) is 44.0 Å². The second kappa shape index (κ2) is 7.85. The minimum Gasteiger partial charge on any atom is -0.497 e. The predicted octanol–water partition coefficient (Wildman–Crippen LogP) is 1.38. The van der Waals surface area contributed by atoms with Crippen LogP contribution in [0.5, 0.6) is 5.75 Å².